The number of halogens is 1. The Morgan fingerprint density at radius 2 is 1.87 bits per heavy atom. The molecule has 4 rings (SSSR count). The monoisotopic (exact) mass is 437 g/mol. The molecule has 1 N–H and O–H groups in total. The van der Waals surface area contributed by atoms with Crippen molar-refractivity contribution < 1.29 is 14.0 Å². The Kier molecular flexibility index (Phi) is 6.11. The van der Waals surface area contributed by atoms with E-state index < -0.39 is 5.25 Å². The van der Waals surface area contributed by atoms with Crippen LogP contribution in [0.4, 0.5) is 0 Å². The van der Waals surface area contributed by atoms with E-state index in [0.717, 1.165) is 5.56 Å². The molecule has 1 aliphatic heterocycles. The molecule has 6 nitrogen and oxygen atoms in total. The molecule has 2 heterocycles. The molecule has 0 aliphatic carbocycles. The van der Waals surface area contributed by atoms with E-state index in [4.69, 9.17) is 16.0 Å². The van der Waals surface area contributed by atoms with E-state index in [1.165, 1.54) is 18.0 Å². The number of nitrogens with zero attached hydrogens (tertiary/aromatic N) is 2. The van der Waals surface area contributed by atoms with Gasteiger partial charge in [0.15, 0.2) is 11.0 Å². The van der Waals surface area contributed by atoms with Gasteiger partial charge in [0.1, 0.15) is 11.5 Å². The van der Waals surface area contributed by atoms with E-state index in [2.05, 4.69) is 15.5 Å². The number of hydrogen-bond acceptors (Lipinski definition) is 6. The number of furan rings is 1. The Morgan fingerprint density at radius 3 is 2.67 bits per heavy atom. The minimum atomic E-state index is -0.526. The Bertz CT molecular complexity index is 1140. The maximum absolute atomic E-state index is 12.3. The smallest absolute Gasteiger partial charge is 0.240 e. The number of carbonyl (C=O) groups is 2. The number of benzene rings is 2. The van der Waals surface area contributed by atoms with Gasteiger partial charge in [0.25, 0.3) is 0 Å². The Labute approximate surface area is 182 Å². The summed E-state index contributed by atoms with van der Waals surface area (Å²) in [7, 11) is 0. The molecule has 30 heavy (non-hydrogen) atoms. The van der Waals surface area contributed by atoms with Gasteiger partial charge in [-0.25, -0.2) is 0 Å². The average molecular weight is 438 g/mol. The third-order valence-corrected chi connectivity index (χ3v) is 5.74. The number of amides is 1. The maximum Gasteiger partial charge on any atom is 0.240 e. The zero-order chi connectivity index (χ0) is 20.9. The van der Waals surface area contributed by atoms with E-state index in [-0.39, 0.29) is 18.1 Å². The second-order valence-corrected chi connectivity index (χ2v) is 8.02. The lowest BCUT2D eigenvalue weighted by Gasteiger charge is -2.04. The van der Waals surface area contributed by atoms with Crippen molar-refractivity contribution in [2.45, 2.75) is 11.7 Å². The van der Waals surface area contributed by atoms with E-state index in [9.17, 15) is 9.59 Å². The lowest BCUT2D eigenvalue weighted by molar-refractivity contribution is -0.118. The normalized spacial score (nSPS) is 17.6. The lowest BCUT2D eigenvalue weighted by atomic mass is 10.1. The average Bonchev–Trinajstić information content (AvgIpc) is 3.36. The van der Waals surface area contributed by atoms with Gasteiger partial charge >= 0.3 is 0 Å². The van der Waals surface area contributed by atoms with Crippen LogP contribution in [0.15, 0.2) is 81.4 Å². The van der Waals surface area contributed by atoms with Gasteiger partial charge in [0, 0.05) is 17.5 Å². The summed E-state index contributed by atoms with van der Waals surface area (Å²) < 4.78 is 5.72. The van der Waals surface area contributed by atoms with Crippen molar-refractivity contribution in [2.75, 3.05) is 0 Å². The van der Waals surface area contributed by atoms with Crippen molar-refractivity contribution in [3.63, 3.8) is 0 Å². The first-order valence-electron chi connectivity index (χ1n) is 9.11. The molecule has 0 saturated carbocycles. The molecule has 150 valence electrons. The van der Waals surface area contributed by atoms with Crippen LogP contribution >= 0.6 is 23.4 Å². The van der Waals surface area contributed by atoms with Gasteiger partial charge in [-0.1, -0.05) is 65.8 Å². The highest BCUT2D eigenvalue weighted by Crippen LogP contribution is 2.28. The number of hydrogen-bond donors (Lipinski definition) is 1. The molecule has 1 unspecified atom stereocenters. The fourth-order valence-electron chi connectivity index (χ4n) is 2.86. The summed E-state index contributed by atoms with van der Waals surface area (Å²) in [5.41, 5.74) is 1.37. The number of rotatable bonds is 6. The predicted octanol–water partition coefficient (Wildman–Crippen LogP) is 4.79. The van der Waals surface area contributed by atoms with Gasteiger partial charge < -0.3 is 9.73 Å². The number of Topliss-reactive ketones (excluding diaryl/α,β-unsaturated/α-hetero) is 1. The van der Waals surface area contributed by atoms with Crippen molar-refractivity contribution in [1.29, 1.82) is 0 Å². The van der Waals surface area contributed by atoms with E-state index in [1.54, 1.807) is 42.5 Å². The summed E-state index contributed by atoms with van der Waals surface area (Å²) in [5.74, 6) is 0.782. The molecule has 0 radical (unpaired) electrons. The predicted molar refractivity (Wildman–Crippen MR) is 119 cm³/mol. The van der Waals surface area contributed by atoms with Crippen LogP contribution in [0.25, 0.3) is 11.3 Å². The highest BCUT2D eigenvalue weighted by Gasteiger charge is 2.32. The summed E-state index contributed by atoms with van der Waals surface area (Å²) in [6.07, 6.45) is 1.55. The number of amidine groups is 1. The molecule has 0 spiro atoms. The van der Waals surface area contributed by atoms with E-state index >= 15 is 0 Å². The molecule has 8 heteroatoms. The van der Waals surface area contributed by atoms with Crippen LogP contribution in [-0.2, 0) is 4.79 Å². The molecule has 3 aromatic rings. The SMILES string of the molecule is O=C(CC1S/C(=N/N=C/c2ccc(-c3ccccc3Cl)o2)NC1=O)c1ccccc1. The van der Waals surface area contributed by atoms with Gasteiger partial charge in [-0.15, -0.1) is 5.10 Å². The van der Waals surface area contributed by atoms with Crippen LogP contribution in [0.2, 0.25) is 5.02 Å². The molecule has 1 amide bonds. The van der Waals surface area contributed by atoms with Gasteiger partial charge in [-0.2, -0.15) is 5.10 Å². The number of nitrogens with one attached hydrogen (secondary N) is 1. The second kappa shape index (κ2) is 9.11. The standard InChI is InChI=1S/C22H16ClN3O3S/c23-17-9-5-4-8-16(17)19-11-10-15(29-19)13-24-26-22-25-21(28)20(30-22)12-18(27)14-6-2-1-3-7-14/h1-11,13,20H,12H2,(H,25,26,28)/b24-13+. The molecule has 1 aliphatic rings. The molecule has 1 aromatic heterocycles. The van der Waals surface area contributed by atoms with Crippen molar-refractivity contribution in [3.8, 4) is 11.3 Å². The molecule has 1 atom stereocenters. The minimum Gasteiger partial charge on any atom is -0.455 e. The van der Waals surface area contributed by atoms with Crippen molar-refractivity contribution in [3.05, 3.63) is 83.1 Å². The van der Waals surface area contributed by atoms with Crippen LogP contribution in [0.5, 0.6) is 0 Å². The minimum absolute atomic E-state index is 0.0873. The molecular weight excluding hydrogens is 422 g/mol. The first kappa shape index (κ1) is 20.1. The molecule has 0 bridgehead atoms. The summed E-state index contributed by atoms with van der Waals surface area (Å²) in [5, 5.41) is 11.1. The highest BCUT2D eigenvalue weighted by atomic mass is 35.5. The maximum atomic E-state index is 12.3. The number of thioether (sulfide) groups is 1. The topological polar surface area (TPSA) is 84.0 Å². The summed E-state index contributed by atoms with van der Waals surface area (Å²) in [4.78, 5) is 24.4. The van der Waals surface area contributed by atoms with Gasteiger partial charge in [0.05, 0.1) is 16.5 Å². The van der Waals surface area contributed by atoms with E-state index in [0.29, 0.717) is 27.3 Å². The summed E-state index contributed by atoms with van der Waals surface area (Å²) in [6.45, 7) is 0. The fraction of sp³-hybridized carbons (Fsp3) is 0.0909. The van der Waals surface area contributed by atoms with Gasteiger partial charge in [-0.3, -0.25) is 9.59 Å². The number of ketones is 1. The zero-order valence-electron chi connectivity index (χ0n) is 15.6. The van der Waals surface area contributed by atoms with Gasteiger partial charge in [0.2, 0.25) is 5.91 Å². The Hall–Kier alpha value is -3.16. The molecular formula is C22H16ClN3O3S. The van der Waals surface area contributed by atoms with Crippen molar-refractivity contribution in [1.82, 2.24) is 5.32 Å². The first-order valence-corrected chi connectivity index (χ1v) is 10.4. The molecule has 1 saturated heterocycles. The Balaban J connectivity index is 1.38. The number of carbonyl (C=O) groups excluding carboxylic acids is 2. The first-order chi connectivity index (χ1) is 14.6. The third kappa shape index (κ3) is 4.69. The van der Waals surface area contributed by atoms with Crippen LogP contribution in [0.1, 0.15) is 22.5 Å². The highest BCUT2D eigenvalue weighted by molar-refractivity contribution is 8.15. The van der Waals surface area contributed by atoms with Crippen LogP contribution in [0.3, 0.4) is 0 Å². The molecule has 2 aromatic carbocycles. The summed E-state index contributed by atoms with van der Waals surface area (Å²) in [6, 6.07) is 19.8. The third-order valence-electron chi connectivity index (χ3n) is 4.34. The van der Waals surface area contributed by atoms with E-state index in [1.807, 2.05) is 24.3 Å². The Morgan fingerprint density at radius 1 is 1.10 bits per heavy atom. The summed E-state index contributed by atoms with van der Waals surface area (Å²) >= 11 is 7.37. The van der Waals surface area contributed by atoms with Crippen molar-refractivity contribution in [2.24, 2.45) is 10.2 Å². The largest absolute Gasteiger partial charge is 0.455 e. The zero-order valence-corrected chi connectivity index (χ0v) is 17.2. The van der Waals surface area contributed by atoms with Gasteiger partial charge in [-0.05, 0) is 24.3 Å². The molecule has 1 fully saturated rings. The quantitative estimate of drug-likeness (QED) is 0.341. The fourth-order valence-corrected chi connectivity index (χ4v) is 4.02. The van der Waals surface area contributed by atoms with Crippen LogP contribution in [0, 0.1) is 0 Å². The van der Waals surface area contributed by atoms with Crippen LogP contribution in [-0.4, -0.2) is 28.3 Å². The lowest BCUT2D eigenvalue weighted by Crippen LogP contribution is -2.26. The van der Waals surface area contributed by atoms with Crippen molar-refractivity contribution >= 4 is 46.4 Å². The van der Waals surface area contributed by atoms with Crippen LogP contribution < -0.4 is 5.32 Å². The second-order valence-electron chi connectivity index (χ2n) is 6.42.